The first-order chi connectivity index (χ1) is 8.09. The molecule has 6 heteroatoms. The lowest BCUT2D eigenvalue weighted by molar-refractivity contribution is -0.152. The van der Waals surface area contributed by atoms with Gasteiger partial charge in [0, 0.05) is 26.2 Å². The Kier molecular flexibility index (Phi) is 3.63. The van der Waals surface area contributed by atoms with Crippen molar-refractivity contribution in [2.75, 3.05) is 39.8 Å². The topological polar surface area (TPSA) is 72.9 Å². The van der Waals surface area contributed by atoms with Gasteiger partial charge >= 0.3 is 5.97 Å². The molecule has 2 aliphatic rings. The Morgan fingerprint density at radius 3 is 2.71 bits per heavy atom. The van der Waals surface area contributed by atoms with Crippen LogP contribution in [0.2, 0.25) is 0 Å². The largest absolute Gasteiger partial charge is 0.480 e. The number of carboxylic acid groups (broad SMARTS) is 1. The Balaban J connectivity index is 2.03. The van der Waals surface area contributed by atoms with Crippen LogP contribution < -0.4 is 5.32 Å². The Hall–Kier alpha value is -1.14. The molecule has 2 aliphatic heterocycles. The maximum atomic E-state index is 12.3. The van der Waals surface area contributed by atoms with E-state index < -0.39 is 12.0 Å². The summed E-state index contributed by atoms with van der Waals surface area (Å²) in [6.45, 7) is 3.19. The second kappa shape index (κ2) is 5.01. The first-order valence-corrected chi connectivity index (χ1v) is 6.02. The molecule has 2 N–H and O–H groups in total. The first-order valence-electron chi connectivity index (χ1n) is 6.02. The molecule has 0 bridgehead atoms. The van der Waals surface area contributed by atoms with E-state index in [4.69, 9.17) is 5.11 Å². The van der Waals surface area contributed by atoms with Gasteiger partial charge in [-0.2, -0.15) is 0 Å². The summed E-state index contributed by atoms with van der Waals surface area (Å²) in [5.74, 6) is -0.944. The maximum Gasteiger partial charge on any atom is 0.327 e. The molecular formula is C11H19N3O3. The van der Waals surface area contributed by atoms with Crippen LogP contribution in [0.25, 0.3) is 0 Å². The van der Waals surface area contributed by atoms with E-state index in [1.54, 1.807) is 0 Å². The Morgan fingerprint density at radius 1 is 1.35 bits per heavy atom. The van der Waals surface area contributed by atoms with E-state index in [0.717, 1.165) is 19.5 Å². The lowest BCUT2D eigenvalue weighted by atomic mass is 10.0. The highest BCUT2D eigenvalue weighted by atomic mass is 16.4. The lowest BCUT2D eigenvalue weighted by Gasteiger charge is -2.35. The number of rotatable bonds is 2. The summed E-state index contributed by atoms with van der Waals surface area (Å²) >= 11 is 0. The third kappa shape index (κ3) is 2.58. The van der Waals surface area contributed by atoms with Gasteiger partial charge in [-0.15, -0.1) is 0 Å². The van der Waals surface area contributed by atoms with E-state index >= 15 is 0 Å². The molecule has 2 fully saturated rings. The normalized spacial score (nSPS) is 30.5. The third-order valence-corrected chi connectivity index (χ3v) is 3.55. The van der Waals surface area contributed by atoms with Crippen LogP contribution in [-0.2, 0) is 9.59 Å². The highest BCUT2D eigenvalue weighted by molar-refractivity contribution is 5.85. The van der Waals surface area contributed by atoms with Gasteiger partial charge in [0.15, 0.2) is 0 Å². The van der Waals surface area contributed by atoms with E-state index in [-0.39, 0.29) is 11.8 Å². The minimum absolute atomic E-state index is 0.00301. The second-order valence-corrected chi connectivity index (χ2v) is 4.84. The van der Waals surface area contributed by atoms with Gasteiger partial charge in [-0.3, -0.25) is 4.79 Å². The van der Waals surface area contributed by atoms with Gasteiger partial charge in [0.1, 0.15) is 6.04 Å². The molecule has 0 aromatic rings. The van der Waals surface area contributed by atoms with Crippen molar-refractivity contribution >= 4 is 11.9 Å². The van der Waals surface area contributed by atoms with Crippen molar-refractivity contribution in [3.05, 3.63) is 0 Å². The molecule has 0 radical (unpaired) electrons. The SMILES string of the molecule is CN1CCC(C(=O)N2CCNCC2C(=O)O)C1. The number of nitrogens with zero attached hydrogens (tertiary/aromatic N) is 2. The van der Waals surface area contributed by atoms with Crippen LogP contribution in [0.15, 0.2) is 0 Å². The van der Waals surface area contributed by atoms with Gasteiger partial charge in [0.2, 0.25) is 5.91 Å². The zero-order valence-electron chi connectivity index (χ0n) is 10.1. The fourth-order valence-electron chi connectivity index (χ4n) is 2.56. The van der Waals surface area contributed by atoms with Crippen LogP contribution in [0.3, 0.4) is 0 Å². The van der Waals surface area contributed by atoms with E-state index in [1.165, 1.54) is 4.90 Å². The number of amides is 1. The maximum absolute atomic E-state index is 12.3. The average molecular weight is 241 g/mol. The summed E-state index contributed by atoms with van der Waals surface area (Å²) in [7, 11) is 1.99. The molecule has 96 valence electrons. The van der Waals surface area contributed by atoms with E-state index in [2.05, 4.69) is 10.2 Å². The first kappa shape index (κ1) is 12.3. The molecule has 2 saturated heterocycles. The van der Waals surface area contributed by atoms with Crippen molar-refractivity contribution in [2.45, 2.75) is 12.5 Å². The molecule has 1 amide bonds. The van der Waals surface area contributed by atoms with Crippen LogP contribution in [0.4, 0.5) is 0 Å². The molecule has 17 heavy (non-hydrogen) atoms. The Bertz CT molecular complexity index is 321. The summed E-state index contributed by atoms with van der Waals surface area (Å²) < 4.78 is 0. The van der Waals surface area contributed by atoms with Crippen molar-refractivity contribution in [1.29, 1.82) is 0 Å². The predicted molar refractivity (Wildman–Crippen MR) is 61.6 cm³/mol. The number of aliphatic carboxylic acids is 1. The molecule has 2 atom stereocenters. The van der Waals surface area contributed by atoms with Gasteiger partial charge in [-0.1, -0.05) is 0 Å². The molecule has 0 aromatic heterocycles. The van der Waals surface area contributed by atoms with Crippen molar-refractivity contribution in [3.8, 4) is 0 Å². The van der Waals surface area contributed by atoms with Crippen molar-refractivity contribution < 1.29 is 14.7 Å². The van der Waals surface area contributed by atoms with Crippen LogP contribution in [0, 0.1) is 5.92 Å². The predicted octanol–water partition coefficient (Wildman–Crippen LogP) is -1.18. The summed E-state index contributed by atoms with van der Waals surface area (Å²) in [6, 6.07) is -0.706. The molecule has 0 aromatic carbocycles. The number of carbonyl (C=O) groups is 2. The average Bonchev–Trinajstić information content (AvgIpc) is 2.75. The van der Waals surface area contributed by atoms with Gasteiger partial charge < -0.3 is 20.2 Å². The fraction of sp³-hybridized carbons (Fsp3) is 0.818. The van der Waals surface area contributed by atoms with Gasteiger partial charge in [0.25, 0.3) is 0 Å². The van der Waals surface area contributed by atoms with Gasteiger partial charge in [0.05, 0.1) is 5.92 Å². The van der Waals surface area contributed by atoms with Crippen molar-refractivity contribution in [3.63, 3.8) is 0 Å². The highest BCUT2D eigenvalue weighted by Gasteiger charge is 2.37. The summed E-state index contributed by atoms with van der Waals surface area (Å²) in [5, 5.41) is 12.1. The van der Waals surface area contributed by atoms with E-state index in [9.17, 15) is 9.59 Å². The van der Waals surface area contributed by atoms with Crippen molar-refractivity contribution in [2.24, 2.45) is 5.92 Å². The van der Waals surface area contributed by atoms with Crippen LogP contribution in [0.1, 0.15) is 6.42 Å². The third-order valence-electron chi connectivity index (χ3n) is 3.55. The number of carboxylic acids is 1. The molecular weight excluding hydrogens is 222 g/mol. The minimum Gasteiger partial charge on any atom is -0.480 e. The molecule has 2 unspecified atom stereocenters. The van der Waals surface area contributed by atoms with Crippen LogP contribution in [0.5, 0.6) is 0 Å². The summed E-state index contributed by atoms with van der Waals surface area (Å²) in [5.41, 5.74) is 0. The Labute approximate surface area is 101 Å². The van der Waals surface area contributed by atoms with Crippen LogP contribution in [-0.4, -0.2) is 72.6 Å². The zero-order valence-corrected chi connectivity index (χ0v) is 10.1. The highest BCUT2D eigenvalue weighted by Crippen LogP contribution is 2.19. The number of nitrogens with one attached hydrogen (secondary N) is 1. The minimum atomic E-state index is -0.920. The molecule has 0 aliphatic carbocycles. The molecule has 6 nitrogen and oxygen atoms in total. The molecule has 0 spiro atoms. The quantitative estimate of drug-likeness (QED) is 0.637. The van der Waals surface area contributed by atoms with Gasteiger partial charge in [-0.25, -0.2) is 4.79 Å². The standard InChI is InChI=1S/C11H19N3O3/c1-13-4-2-8(7-13)10(15)14-5-3-12-6-9(14)11(16)17/h8-9,12H,2-7H2,1H3,(H,16,17). The number of likely N-dealkylation sites (tertiary alicyclic amines) is 1. The summed E-state index contributed by atoms with van der Waals surface area (Å²) in [6.07, 6.45) is 0.839. The Morgan fingerprint density at radius 2 is 2.12 bits per heavy atom. The molecule has 0 saturated carbocycles. The summed E-state index contributed by atoms with van der Waals surface area (Å²) in [4.78, 5) is 27.0. The monoisotopic (exact) mass is 241 g/mol. The number of hydrogen-bond acceptors (Lipinski definition) is 4. The van der Waals surface area contributed by atoms with E-state index in [0.29, 0.717) is 19.6 Å². The van der Waals surface area contributed by atoms with Crippen molar-refractivity contribution in [1.82, 2.24) is 15.1 Å². The second-order valence-electron chi connectivity index (χ2n) is 4.84. The fourth-order valence-corrected chi connectivity index (χ4v) is 2.56. The number of carbonyl (C=O) groups excluding carboxylic acids is 1. The van der Waals surface area contributed by atoms with E-state index in [1.807, 2.05) is 7.05 Å². The number of piperazine rings is 1. The number of hydrogen-bond donors (Lipinski definition) is 2. The van der Waals surface area contributed by atoms with Crippen LogP contribution >= 0.6 is 0 Å². The van der Waals surface area contributed by atoms with Gasteiger partial charge in [-0.05, 0) is 20.0 Å². The smallest absolute Gasteiger partial charge is 0.327 e. The zero-order chi connectivity index (χ0) is 12.4. The molecule has 2 rings (SSSR count). The molecule has 2 heterocycles. The lowest BCUT2D eigenvalue weighted by Crippen LogP contribution is -2.58.